The Labute approximate surface area is 137 Å². The number of rotatable bonds is 9. The smallest absolute Gasteiger partial charge is 0.122 e. The minimum Gasteiger partial charge on any atom is -0.493 e. The van der Waals surface area contributed by atoms with Gasteiger partial charge in [0.05, 0.1) is 6.61 Å². The van der Waals surface area contributed by atoms with Crippen LogP contribution in [0.4, 0.5) is 0 Å². The van der Waals surface area contributed by atoms with Crippen molar-refractivity contribution in [2.45, 2.75) is 72.6 Å². The summed E-state index contributed by atoms with van der Waals surface area (Å²) in [5, 5.41) is 0. The van der Waals surface area contributed by atoms with E-state index in [1.807, 2.05) is 0 Å². The van der Waals surface area contributed by atoms with E-state index in [1.165, 1.54) is 17.5 Å². The van der Waals surface area contributed by atoms with Crippen LogP contribution in [-0.4, -0.2) is 6.61 Å². The van der Waals surface area contributed by atoms with Gasteiger partial charge in [0.25, 0.3) is 0 Å². The second-order valence-electron chi connectivity index (χ2n) is 6.88. The molecule has 0 saturated carbocycles. The predicted octanol–water partition coefficient (Wildman–Crippen LogP) is 6.69. The van der Waals surface area contributed by atoms with Crippen molar-refractivity contribution >= 4 is 0 Å². The SMILES string of the molecule is CC/C=C\CC(CC)c1ccc(OCC(C)C)c(C(C)C)c1. The molecule has 0 aliphatic heterocycles. The summed E-state index contributed by atoms with van der Waals surface area (Å²) in [6, 6.07) is 6.81. The molecule has 1 heteroatoms. The molecule has 0 bridgehead atoms. The first kappa shape index (κ1) is 18.8. The lowest BCUT2D eigenvalue weighted by molar-refractivity contribution is 0.267. The molecule has 22 heavy (non-hydrogen) atoms. The highest BCUT2D eigenvalue weighted by Crippen LogP contribution is 2.33. The van der Waals surface area contributed by atoms with Crippen LogP contribution in [0.25, 0.3) is 0 Å². The summed E-state index contributed by atoms with van der Waals surface area (Å²) < 4.78 is 6.01. The first-order valence-electron chi connectivity index (χ1n) is 8.91. The van der Waals surface area contributed by atoms with Gasteiger partial charge in [-0.05, 0) is 54.2 Å². The van der Waals surface area contributed by atoms with Gasteiger partial charge in [0.1, 0.15) is 5.75 Å². The molecule has 0 amide bonds. The monoisotopic (exact) mass is 302 g/mol. The molecule has 0 aliphatic carbocycles. The average Bonchev–Trinajstić information content (AvgIpc) is 2.49. The molecule has 0 radical (unpaired) electrons. The maximum atomic E-state index is 6.01. The molecule has 1 rings (SSSR count). The summed E-state index contributed by atoms with van der Waals surface area (Å²) in [5.41, 5.74) is 2.79. The standard InChI is InChI=1S/C21H34O/c1-7-9-10-11-18(8-2)19-12-13-21(22-15-16(3)4)20(14-19)17(5)6/h9-10,12-14,16-18H,7-8,11,15H2,1-6H3/b10-9-. The number of hydrogen-bond acceptors (Lipinski definition) is 1. The zero-order chi connectivity index (χ0) is 16.5. The summed E-state index contributed by atoms with van der Waals surface area (Å²) in [4.78, 5) is 0. The normalized spacial score (nSPS) is 13.3. The van der Waals surface area contributed by atoms with E-state index in [0.717, 1.165) is 25.2 Å². The fourth-order valence-corrected chi connectivity index (χ4v) is 2.63. The molecule has 0 aliphatic rings. The average molecular weight is 303 g/mol. The topological polar surface area (TPSA) is 9.23 Å². The van der Waals surface area contributed by atoms with Gasteiger partial charge in [-0.15, -0.1) is 0 Å². The molecule has 1 atom stereocenters. The molecule has 0 heterocycles. The van der Waals surface area contributed by atoms with Gasteiger partial charge < -0.3 is 4.74 Å². The van der Waals surface area contributed by atoms with Crippen LogP contribution in [0.1, 0.15) is 83.8 Å². The molecule has 1 unspecified atom stereocenters. The first-order valence-corrected chi connectivity index (χ1v) is 8.91. The Kier molecular flexibility index (Phi) is 8.30. The Bertz CT molecular complexity index is 457. The van der Waals surface area contributed by atoms with Gasteiger partial charge in [-0.3, -0.25) is 0 Å². The van der Waals surface area contributed by atoms with Crippen molar-refractivity contribution in [3.8, 4) is 5.75 Å². The Hall–Kier alpha value is -1.24. The second-order valence-corrected chi connectivity index (χ2v) is 6.88. The third kappa shape index (κ3) is 5.87. The van der Waals surface area contributed by atoms with E-state index in [0.29, 0.717) is 17.8 Å². The molecular formula is C21H34O. The molecule has 0 N–H and O–H groups in total. The lowest BCUT2D eigenvalue weighted by atomic mass is 9.89. The summed E-state index contributed by atoms with van der Waals surface area (Å²) >= 11 is 0. The number of benzene rings is 1. The maximum Gasteiger partial charge on any atom is 0.122 e. The Morgan fingerprint density at radius 1 is 1.05 bits per heavy atom. The van der Waals surface area contributed by atoms with Crippen molar-refractivity contribution in [1.29, 1.82) is 0 Å². The number of ether oxygens (including phenoxy) is 1. The molecule has 0 fully saturated rings. The van der Waals surface area contributed by atoms with Crippen LogP contribution in [0.15, 0.2) is 30.4 Å². The van der Waals surface area contributed by atoms with Crippen molar-refractivity contribution in [2.24, 2.45) is 5.92 Å². The van der Waals surface area contributed by atoms with E-state index in [4.69, 9.17) is 4.74 Å². The summed E-state index contributed by atoms with van der Waals surface area (Å²) in [5.74, 6) is 2.72. The molecule has 1 aromatic rings. The summed E-state index contributed by atoms with van der Waals surface area (Å²) in [6.45, 7) is 14.1. The fourth-order valence-electron chi connectivity index (χ4n) is 2.63. The van der Waals surface area contributed by atoms with Crippen LogP contribution in [-0.2, 0) is 0 Å². The number of allylic oxidation sites excluding steroid dienone is 2. The van der Waals surface area contributed by atoms with Crippen LogP contribution in [0, 0.1) is 5.92 Å². The van der Waals surface area contributed by atoms with Crippen molar-refractivity contribution in [1.82, 2.24) is 0 Å². The van der Waals surface area contributed by atoms with Gasteiger partial charge in [-0.25, -0.2) is 0 Å². The summed E-state index contributed by atoms with van der Waals surface area (Å²) in [7, 11) is 0. The Morgan fingerprint density at radius 3 is 2.32 bits per heavy atom. The molecule has 0 spiro atoms. The van der Waals surface area contributed by atoms with E-state index >= 15 is 0 Å². The fraction of sp³-hybridized carbons (Fsp3) is 0.619. The van der Waals surface area contributed by atoms with Crippen LogP contribution in [0.5, 0.6) is 5.75 Å². The molecule has 1 aromatic carbocycles. The van der Waals surface area contributed by atoms with E-state index in [1.54, 1.807) is 0 Å². The Morgan fingerprint density at radius 2 is 1.77 bits per heavy atom. The highest BCUT2D eigenvalue weighted by Gasteiger charge is 2.14. The van der Waals surface area contributed by atoms with E-state index < -0.39 is 0 Å². The van der Waals surface area contributed by atoms with E-state index in [9.17, 15) is 0 Å². The van der Waals surface area contributed by atoms with Gasteiger partial charge >= 0.3 is 0 Å². The van der Waals surface area contributed by atoms with Gasteiger partial charge in [-0.2, -0.15) is 0 Å². The zero-order valence-corrected chi connectivity index (χ0v) is 15.4. The van der Waals surface area contributed by atoms with E-state index in [-0.39, 0.29) is 0 Å². The van der Waals surface area contributed by atoms with Crippen molar-refractivity contribution in [3.05, 3.63) is 41.5 Å². The molecular weight excluding hydrogens is 268 g/mol. The van der Waals surface area contributed by atoms with Crippen LogP contribution < -0.4 is 4.74 Å². The van der Waals surface area contributed by atoms with Crippen LogP contribution >= 0.6 is 0 Å². The predicted molar refractivity (Wildman–Crippen MR) is 97.9 cm³/mol. The summed E-state index contributed by atoms with van der Waals surface area (Å²) in [6.07, 6.45) is 8.03. The quantitative estimate of drug-likeness (QED) is 0.461. The third-order valence-electron chi connectivity index (χ3n) is 4.02. The Balaban J connectivity index is 2.97. The third-order valence-corrected chi connectivity index (χ3v) is 4.02. The molecule has 0 saturated heterocycles. The lowest BCUT2D eigenvalue weighted by Crippen LogP contribution is -2.07. The van der Waals surface area contributed by atoms with Gasteiger partial charge in [0.15, 0.2) is 0 Å². The van der Waals surface area contributed by atoms with E-state index in [2.05, 4.69) is 71.9 Å². The van der Waals surface area contributed by atoms with Crippen LogP contribution in [0.3, 0.4) is 0 Å². The molecule has 0 aromatic heterocycles. The lowest BCUT2D eigenvalue weighted by Gasteiger charge is -2.20. The van der Waals surface area contributed by atoms with Crippen molar-refractivity contribution in [2.75, 3.05) is 6.61 Å². The minimum absolute atomic E-state index is 0.491. The highest BCUT2D eigenvalue weighted by molar-refractivity contribution is 5.40. The molecule has 124 valence electrons. The first-order chi connectivity index (χ1) is 10.5. The van der Waals surface area contributed by atoms with Crippen molar-refractivity contribution < 1.29 is 4.74 Å². The van der Waals surface area contributed by atoms with Crippen LogP contribution in [0.2, 0.25) is 0 Å². The van der Waals surface area contributed by atoms with Gasteiger partial charge in [0, 0.05) is 0 Å². The zero-order valence-electron chi connectivity index (χ0n) is 15.4. The van der Waals surface area contributed by atoms with Crippen molar-refractivity contribution in [3.63, 3.8) is 0 Å². The maximum absolute atomic E-state index is 6.01. The number of hydrogen-bond donors (Lipinski definition) is 0. The second kappa shape index (κ2) is 9.71. The van der Waals surface area contributed by atoms with Gasteiger partial charge in [-0.1, -0.05) is 65.8 Å². The van der Waals surface area contributed by atoms with Gasteiger partial charge in [0.2, 0.25) is 0 Å². The highest BCUT2D eigenvalue weighted by atomic mass is 16.5. The molecule has 1 nitrogen and oxygen atoms in total. The minimum atomic E-state index is 0.491. The largest absolute Gasteiger partial charge is 0.493 e.